The van der Waals surface area contributed by atoms with E-state index < -0.39 is 0 Å². The molecule has 0 spiro atoms. The maximum Gasteiger partial charge on any atom is 0.151 e. The molecule has 4 saturated carbocycles. The van der Waals surface area contributed by atoms with E-state index in [2.05, 4.69) is 26.4 Å². The standard InChI is InChI=1S/C14H19BrN2O/c15-13-4-12(18-17-13)8-16-14-5-9-1-10(6-14)3-11(2-9)7-14/h4,9-11,16H,1-3,5-8H2. The van der Waals surface area contributed by atoms with Crippen LogP contribution in [0.1, 0.15) is 44.3 Å². The summed E-state index contributed by atoms with van der Waals surface area (Å²) in [4.78, 5) is 0. The van der Waals surface area contributed by atoms with Crippen molar-refractivity contribution in [2.45, 2.75) is 50.6 Å². The summed E-state index contributed by atoms with van der Waals surface area (Å²) in [6.45, 7) is 0.824. The third kappa shape index (κ3) is 1.94. The zero-order chi connectivity index (χ0) is 12.2. The average molecular weight is 311 g/mol. The molecule has 1 N–H and O–H groups in total. The summed E-state index contributed by atoms with van der Waals surface area (Å²) < 4.78 is 6.06. The van der Waals surface area contributed by atoms with Crippen LogP contribution in [-0.2, 0) is 6.54 Å². The topological polar surface area (TPSA) is 38.1 Å². The molecule has 0 radical (unpaired) electrons. The quantitative estimate of drug-likeness (QED) is 0.928. The minimum Gasteiger partial charge on any atom is -0.359 e. The number of aromatic nitrogens is 1. The van der Waals surface area contributed by atoms with Gasteiger partial charge in [-0.2, -0.15) is 0 Å². The molecule has 0 unspecified atom stereocenters. The fourth-order valence-corrected chi connectivity index (χ4v) is 5.30. The second-order valence-corrected chi connectivity index (χ2v) is 7.48. The van der Waals surface area contributed by atoms with E-state index in [1.54, 1.807) is 0 Å². The zero-order valence-corrected chi connectivity index (χ0v) is 12.1. The van der Waals surface area contributed by atoms with Crippen LogP contribution >= 0.6 is 15.9 Å². The molecule has 0 aliphatic heterocycles. The monoisotopic (exact) mass is 310 g/mol. The molecule has 18 heavy (non-hydrogen) atoms. The van der Waals surface area contributed by atoms with Crippen molar-refractivity contribution in [1.82, 2.24) is 10.5 Å². The van der Waals surface area contributed by atoms with Crippen molar-refractivity contribution < 1.29 is 4.52 Å². The van der Waals surface area contributed by atoms with Crippen LogP contribution in [0.5, 0.6) is 0 Å². The lowest BCUT2D eigenvalue weighted by atomic mass is 9.53. The lowest BCUT2D eigenvalue weighted by molar-refractivity contribution is -0.0215. The maximum atomic E-state index is 5.27. The molecular weight excluding hydrogens is 292 g/mol. The molecule has 0 amide bonds. The SMILES string of the molecule is Brc1cc(CNC23CC4CC(CC(C4)C2)C3)on1. The van der Waals surface area contributed by atoms with Gasteiger partial charge in [0, 0.05) is 11.6 Å². The van der Waals surface area contributed by atoms with Crippen molar-refractivity contribution >= 4 is 15.9 Å². The van der Waals surface area contributed by atoms with Crippen LogP contribution in [0.3, 0.4) is 0 Å². The Morgan fingerprint density at radius 2 is 1.83 bits per heavy atom. The van der Waals surface area contributed by atoms with Crippen molar-refractivity contribution in [1.29, 1.82) is 0 Å². The number of nitrogens with one attached hydrogen (secondary N) is 1. The maximum absolute atomic E-state index is 5.27. The highest BCUT2D eigenvalue weighted by Crippen LogP contribution is 2.55. The van der Waals surface area contributed by atoms with Gasteiger partial charge in [0.05, 0.1) is 6.54 Å². The fraction of sp³-hybridized carbons (Fsp3) is 0.786. The van der Waals surface area contributed by atoms with Gasteiger partial charge in [-0.1, -0.05) is 5.16 Å². The lowest BCUT2D eigenvalue weighted by Crippen LogP contribution is -2.58. The number of hydrogen-bond acceptors (Lipinski definition) is 3. The number of rotatable bonds is 3. The highest BCUT2D eigenvalue weighted by Gasteiger charge is 2.50. The Morgan fingerprint density at radius 3 is 2.33 bits per heavy atom. The molecular formula is C14H19BrN2O. The van der Waals surface area contributed by atoms with Crippen molar-refractivity contribution in [3.63, 3.8) is 0 Å². The molecule has 0 aromatic carbocycles. The Labute approximate surface area is 116 Å². The average Bonchev–Trinajstić information content (AvgIpc) is 2.71. The summed E-state index contributed by atoms with van der Waals surface area (Å²) in [6.07, 6.45) is 8.63. The largest absolute Gasteiger partial charge is 0.359 e. The van der Waals surface area contributed by atoms with Gasteiger partial charge in [0.25, 0.3) is 0 Å². The molecule has 0 saturated heterocycles. The Bertz CT molecular complexity index is 421. The van der Waals surface area contributed by atoms with Gasteiger partial charge >= 0.3 is 0 Å². The van der Waals surface area contributed by atoms with E-state index in [1.807, 2.05) is 6.07 Å². The minimum absolute atomic E-state index is 0.411. The van der Waals surface area contributed by atoms with Crippen molar-refractivity contribution in [2.24, 2.45) is 17.8 Å². The molecule has 1 aromatic rings. The first-order valence-corrected chi connectivity index (χ1v) is 7.86. The van der Waals surface area contributed by atoms with E-state index in [1.165, 1.54) is 38.5 Å². The van der Waals surface area contributed by atoms with Gasteiger partial charge in [-0.15, -0.1) is 0 Å². The molecule has 5 rings (SSSR count). The van der Waals surface area contributed by atoms with Crippen LogP contribution in [0.2, 0.25) is 0 Å². The smallest absolute Gasteiger partial charge is 0.151 e. The van der Waals surface area contributed by atoms with Crippen LogP contribution in [0.15, 0.2) is 15.2 Å². The van der Waals surface area contributed by atoms with Crippen LogP contribution < -0.4 is 5.32 Å². The number of nitrogens with zero attached hydrogens (tertiary/aromatic N) is 1. The third-order valence-electron chi connectivity index (χ3n) is 5.21. The van der Waals surface area contributed by atoms with Gasteiger partial charge < -0.3 is 9.84 Å². The Hall–Kier alpha value is -0.350. The van der Waals surface area contributed by atoms with E-state index in [-0.39, 0.29) is 0 Å². The van der Waals surface area contributed by atoms with E-state index in [4.69, 9.17) is 4.52 Å². The molecule has 1 heterocycles. The predicted octanol–water partition coefficient (Wildman–Crippen LogP) is 3.50. The van der Waals surface area contributed by atoms with Gasteiger partial charge in [0.1, 0.15) is 4.60 Å². The first-order valence-electron chi connectivity index (χ1n) is 7.07. The molecule has 4 bridgehead atoms. The first-order chi connectivity index (χ1) is 8.71. The minimum atomic E-state index is 0.411. The van der Waals surface area contributed by atoms with Crippen LogP contribution in [-0.4, -0.2) is 10.7 Å². The lowest BCUT2D eigenvalue weighted by Gasteiger charge is -2.57. The van der Waals surface area contributed by atoms with E-state index in [9.17, 15) is 0 Å². The van der Waals surface area contributed by atoms with Gasteiger partial charge in [-0.05, 0) is 72.2 Å². The Kier molecular flexibility index (Phi) is 2.60. The van der Waals surface area contributed by atoms with Crippen molar-refractivity contribution in [3.05, 3.63) is 16.4 Å². The molecule has 4 fully saturated rings. The second-order valence-electron chi connectivity index (χ2n) is 6.67. The predicted molar refractivity (Wildman–Crippen MR) is 71.9 cm³/mol. The Morgan fingerprint density at radius 1 is 1.22 bits per heavy atom. The Balaban J connectivity index is 1.47. The first kappa shape index (κ1) is 11.5. The van der Waals surface area contributed by atoms with E-state index in [0.29, 0.717) is 5.54 Å². The summed E-state index contributed by atoms with van der Waals surface area (Å²) in [6, 6.07) is 1.97. The highest BCUT2D eigenvalue weighted by molar-refractivity contribution is 9.10. The van der Waals surface area contributed by atoms with Crippen LogP contribution in [0.25, 0.3) is 0 Å². The fourth-order valence-electron chi connectivity index (χ4n) is 4.97. The van der Waals surface area contributed by atoms with Crippen LogP contribution in [0.4, 0.5) is 0 Å². The summed E-state index contributed by atoms with van der Waals surface area (Å²) in [5.41, 5.74) is 0.411. The molecule has 4 aliphatic carbocycles. The summed E-state index contributed by atoms with van der Waals surface area (Å²) in [5.74, 6) is 3.92. The second kappa shape index (κ2) is 4.07. The normalized spacial score (nSPS) is 41.5. The summed E-state index contributed by atoms with van der Waals surface area (Å²) >= 11 is 3.33. The van der Waals surface area contributed by atoms with Crippen LogP contribution in [0, 0.1) is 17.8 Å². The molecule has 4 heteroatoms. The molecule has 98 valence electrons. The third-order valence-corrected chi connectivity index (χ3v) is 5.58. The zero-order valence-electron chi connectivity index (χ0n) is 10.5. The number of hydrogen-bond donors (Lipinski definition) is 1. The van der Waals surface area contributed by atoms with Gasteiger partial charge in [-0.3, -0.25) is 0 Å². The van der Waals surface area contributed by atoms with Crippen molar-refractivity contribution in [3.8, 4) is 0 Å². The molecule has 4 aliphatic rings. The summed E-state index contributed by atoms with van der Waals surface area (Å²) in [7, 11) is 0. The highest BCUT2D eigenvalue weighted by atomic mass is 79.9. The van der Waals surface area contributed by atoms with Crippen molar-refractivity contribution in [2.75, 3.05) is 0 Å². The molecule has 0 atom stereocenters. The van der Waals surface area contributed by atoms with E-state index in [0.717, 1.165) is 34.7 Å². The van der Waals surface area contributed by atoms with Gasteiger partial charge in [-0.25, -0.2) is 0 Å². The van der Waals surface area contributed by atoms with Gasteiger partial charge in [0.15, 0.2) is 5.76 Å². The van der Waals surface area contributed by atoms with Gasteiger partial charge in [0.2, 0.25) is 0 Å². The summed E-state index contributed by atoms with van der Waals surface area (Å²) in [5, 5.41) is 7.69. The van der Waals surface area contributed by atoms with E-state index >= 15 is 0 Å². The molecule has 1 aromatic heterocycles. The number of halogens is 1. The molecule has 3 nitrogen and oxygen atoms in total.